The van der Waals surface area contributed by atoms with Gasteiger partial charge in [-0.05, 0) is 52.7 Å². The Morgan fingerprint density at radius 1 is 1.40 bits per heavy atom. The van der Waals surface area contributed by atoms with E-state index >= 15 is 0 Å². The third-order valence-corrected chi connectivity index (χ3v) is 6.38. The van der Waals surface area contributed by atoms with Gasteiger partial charge in [0.05, 0.1) is 10.2 Å². The highest BCUT2D eigenvalue weighted by Crippen LogP contribution is 2.28. The summed E-state index contributed by atoms with van der Waals surface area (Å²) in [6, 6.07) is 5.60. The van der Waals surface area contributed by atoms with E-state index in [2.05, 4.69) is 20.7 Å². The molecular formula is C12H12BrFN2O2S2. The number of sulfonamides is 1. The van der Waals surface area contributed by atoms with Crippen LogP contribution in [0, 0.1) is 12.7 Å². The fourth-order valence-corrected chi connectivity index (χ4v) is 4.35. The zero-order valence-corrected chi connectivity index (χ0v) is 13.7. The van der Waals surface area contributed by atoms with E-state index in [1.54, 1.807) is 13.0 Å². The summed E-state index contributed by atoms with van der Waals surface area (Å²) in [6.07, 6.45) is 0. The molecule has 108 valence electrons. The third-order valence-electron chi connectivity index (χ3n) is 2.62. The lowest BCUT2D eigenvalue weighted by molar-refractivity contribution is 0.603. The Morgan fingerprint density at radius 3 is 2.65 bits per heavy atom. The number of rotatable bonds is 4. The monoisotopic (exact) mass is 378 g/mol. The molecule has 0 radical (unpaired) electrons. The Bertz CT molecular complexity index is 744. The van der Waals surface area contributed by atoms with Gasteiger partial charge in [0.25, 0.3) is 10.0 Å². The van der Waals surface area contributed by atoms with Crippen LogP contribution >= 0.6 is 27.3 Å². The summed E-state index contributed by atoms with van der Waals surface area (Å²) in [6.45, 7) is 2.09. The zero-order chi connectivity index (χ0) is 14.9. The van der Waals surface area contributed by atoms with Gasteiger partial charge in [0, 0.05) is 11.4 Å². The number of hydrogen-bond acceptors (Lipinski definition) is 4. The molecule has 0 aliphatic carbocycles. The van der Waals surface area contributed by atoms with Gasteiger partial charge < -0.3 is 5.73 Å². The molecule has 2 rings (SSSR count). The smallest absolute Gasteiger partial charge is 0.271 e. The summed E-state index contributed by atoms with van der Waals surface area (Å²) in [7, 11) is -3.72. The maximum atomic E-state index is 13.4. The predicted molar refractivity (Wildman–Crippen MR) is 81.9 cm³/mol. The average Bonchev–Trinajstić information content (AvgIpc) is 2.76. The van der Waals surface area contributed by atoms with Gasteiger partial charge in [0.15, 0.2) is 0 Å². The summed E-state index contributed by atoms with van der Waals surface area (Å²) in [5.41, 5.74) is 6.54. The van der Waals surface area contributed by atoms with E-state index < -0.39 is 15.8 Å². The van der Waals surface area contributed by atoms with Crippen molar-refractivity contribution in [3.05, 3.63) is 45.0 Å². The minimum Gasteiger partial charge on any atom is -0.326 e. The maximum absolute atomic E-state index is 13.4. The highest BCUT2D eigenvalue weighted by molar-refractivity contribution is 9.10. The summed E-state index contributed by atoms with van der Waals surface area (Å²) >= 11 is 4.13. The molecule has 0 unspecified atom stereocenters. The second-order valence-electron chi connectivity index (χ2n) is 4.11. The molecule has 4 nitrogen and oxygen atoms in total. The lowest BCUT2D eigenvalue weighted by Gasteiger charge is -2.06. The molecule has 3 N–H and O–H groups in total. The van der Waals surface area contributed by atoms with E-state index in [1.165, 1.54) is 12.1 Å². The Labute approximate surface area is 129 Å². The minimum absolute atomic E-state index is 0.166. The van der Waals surface area contributed by atoms with Crippen LogP contribution in [-0.2, 0) is 16.6 Å². The van der Waals surface area contributed by atoms with E-state index in [9.17, 15) is 12.8 Å². The highest BCUT2D eigenvalue weighted by Gasteiger charge is 2.19. The van der Waals surface area contributed by atoms with Crippen LogP contribution in [0.5, 0.6) is 0 Å². The molecule has 0 atom stereocenters. The Hall–Kier alpha value is -0.960. The average molecular weight is 379 g/mol. The number of benzene rings is 1. The second kappa shape index (κ2) is 5.80. The molecular weight excluding hydrogens is 367 g/mol. The second-order valence-corrected chi connectivity index (χ2v) is 8.01. The van der Waals surface area contributed by atoms with Crippen molar-refractivity contribution >= 4 is 43.0 Å². The van der Waals surface area contributed by atoms with E-state index in [1.807, 2.05) is 0 Å². The highest BCUT2D eigenvalue weighted by atomic mass is 79.9. The van der Waals surface area contributed by atoms with Crippen LogP contribution in [0.25, 0.3) is 0 Å². The summed E-state index contributed by atoms with van der Waals surface area (Å²) in [5.74, 6) is -0.532. The number of nitrogens with two attached hydrogens (primary N) is 1. The molecule has 1 aromatic carbocycles. The van der Waals surface area contributed by atoms with Gasteiger partial charge in [-0.1, -0.05) is 0 Å². The van der Waals surface area contributed by atoms with Gasteiger partial charge in [-0.3, -0.25) is 4.72 Å². The van der Waals surface area contributed by atoms with Crippen LogP contribution in [0.15, 0.2) is 32.9 Å². The summed E-state index contributed by atoms with van der Waals surface area (Å²) in [4.78, 5) is 0.812. The van der Waals surface area contributed by atoms with Crippen LogP contribution in [-0.4, -0.2) is 8.42 Å². The maximum Gasteiger partial charge on any atom is 0.271 e. The fraction of sp³-hybridized carbons (Fsp3) is 0.167. The van der Waals surface area contributed by atoms with Gasteiger partial charge in [0.2, 0.25) is 0 Å². The van der Waals surface area contributed by atoms with Crippen molar-refractivity contribution in [2.45, 2.75) is 17.7 Å². The Morgan fingerprint density at radius 2 is 2.10 bits per heavy atom. The molecule has 1 aromatic heterocycles. The van der Waals surface area contributed by atoms with E-state index in [4.69, 9.17) is 5.73 Å². The van der Waals surface area contributed by atoms with Crippen molar-refractivity contribution in [3.8, 4) is 0 Å². The number of aryl methyl sites for hydroxylation is 1. The molecule has 0 saturated heterocycles. The van der Waals surface area contributed by atoms with Gasteiger partial charge in [-0.2, -0.15) is 0 Å². The van der Waals surface area contributed by atoms with Crippen molar-refractivity contribution in [3.63, 3.8) is 0 Å². The largest absolute Gasteiger partial charge is 0.326 e. The molecule has 8 heteroatoms. The topological polar surface area (TPSA) is 72.2 Å². The molecule has 0 aliphatic rings. The van der Waals surface area contributed by atoms with Crippen molar-refractivity contribution in [1.29, 1.82) is 0 Å². The Balaban J connectivity index is 2.32. The van der Waals surface area contributed by atoms with Crippen molar-refractivity contribution in [2.24, 2.45) is 5.73 Å². The number of thiophene rings is 1. The molecule has 20 heavy (non-hydrogen) atoms. The van der Waals surface area contributed by atoms with Gasteiger partial charge >= 0.3 is 0 Å². The first kappa shape index (κ1) is 15.4. The summed E-state index contributed by atoms with van der Waals surface area (Å²) < 4.78 is 40.6. The number of anilines is 1. The number of nitrogens with one attached hydrogen (secondary N) is 1. The molecule has 0 bridgehead atoms. The Kier molecular flexibility index (Phi) is 4.48. The van der Waals surface area contributed by atoms with Crippen molar-refractivity contribution in [1.82, 2.24) is 0 Å². The minimum atomic E-state index is -3.72. The fourth-order valence-electron chi connectivity index (χ4n) is 1.59. The first-order valence-corrected chi connectivity index (χ1v) is 8.70. The molecule has 0 saturated carbocycles. The zero-order valence-electron chi connectivity index (χ0n) is 10.5. The van der Waals surface area contributed by atoms with Crippen LogP contribution < -0.4 is 10.5 Å². The summed E-state index contributed by atoms with van der Waals surface area (Å²) in [5, 5.41) is 0. The van der Waals surface area contributed by atoms with Gasteiger partial charge in [-0.15, -0.1) is 11.3 Å². The van der Waals surface area contributed by atoms with Crippen LogP contribution in [0.2, 0.25) is 0 Å². The van der Waals surface area contributed by atoms with Gasteiger partial charge in [-0.25, -0.2) is 12.8 Å². The van der Waals surface area contributed by atoms with Crippen molar-refractivity contribution in [2.75, 3.05) is 4.72 Å². The third kappa shape index (κ3) is 3.20. The SMILES string of the molecule is Cc1cc(S(=O)(=O)Nc2ccc(Br)c(F)c2)sc1CN. The molecule has 0 aliphatic heterocycles. The predicted octanol–water partition coefficient (Wildman–Crippen LogP) is 3.22. The van der Waals surface area contributed by atoms with Gasteiger partial charge in [0.1, 0.15) is 10.0 Å². The molecule has 0 amide bonds. The normalized spacial score (nSPS) is 11.6. The molecule has 0 fully saturated rings. The molecule has 0 spiro atoms. The lowest BCUT2D eigenvalue weighted by atomic mass is 10.3. The molecule has 1 heterocycles. The van der Waals surface area contributed by atoms with E-state index in [-0.39, 0.29) is 14.4 Å². The van der Waals surface area contributed by atoms with E-state index in [0.717, 1.165) is 27.8 Å². The van der Waals surface area contributed by atoms with Crippen LogP contribution in [0.1, 0.15) is 10.4 Å². The van der Waals surface area contributed by atoms with Crippen molar-refractivity contribution < 1.29 is 12.8 Å². The molecule has 2 aromatic rings. The standard InChI is InChI=1S/C12H12BrFN2O2S2/c1-7-4-12(19-11(7)6-15)20(17,18)16-8-2-3-9(13)10(14)5-8/h2-5,16H,6,15H2,1H3. The first-order valence-electron chi connectivity index (χ1n) is 5.60. The van der Waals surface area contributed by atoms with Crippen LogP contribution in [0.4, 0.5) is 10.1 Å². The lowest BCUT2D eigenvalue weighted by Crippen LogP contribution is -2.11. The van der Waals surface area contributed by atoms with E-state index in [0.29, 0.717) is 6.54 Å². The quantitative estimate of drug-likeness (QED) is 0.857. The van der Waals surface area contributed by atoms with Crippen LogP contribution in [0.3, 0.4) is 0 Å². The first-order chi connectivity index (χ1) is 9.33. The number of halogens is 2. The number of hydrogen-bond donors (Lipinski definition) is 2.